The van der Waals surface area contributed by atoms with E-state index in [9.17, 15) is 0 Å². The Labute approximate surface area is 139 Å². The summed E-state index contributed by atoms with van der Waals surface area (Å²) in [6.07, 6.45) is 3.91. The van der Waals surface area contributed by atoms with Gasteiger partial charge in [0.25, 0.3) is 0 Å². The molecule has 1 fully saturated rings. The van der Waals surface area contributed by atoms with Crippen LogP contribution in [0.4, 0.5) is 0 Å². The number of unbranched alkanes of at least 4 members (excludes halogenated alkanes) is 1. The molecular formula is C21H26N2. The number of hydrogen-bond donors (Lipinski definition) is 1. The van der Waals surface area contributed by atoms with Crippen molar-refractivity contribution in [1.29, 1.82) is 0 Å². The van der Waals surface area contributed by atoms with Crippen molar-refractivity contribution in [3.05, 3.63) is 59.7 Å². The first-order valence-corrected chi connectivity index (χ1v) is 9.05. The Morgan fingerprint density at radius 1 is 0.826 bits per heavy atom. The van der Waals surface area contributed by atoms with Crippen molar-refractivity contribution in [2.45, 2.75) is 25.2 Å². The summed E-state index contributed by atoms with van der Waals surface area (Å²) in [5, 5.41) is 3.43. The van der Waals surface area contributed by atoms with Gasteiger partial charge in [-0.2, -0.15) is 0 Å². The Morgan fingerprint density at radius 2 is 1.43 bits per heavy atom. The molecule has 0 atom stereocenters. The van der Waals surface area contributed by atoms with Crippen molar-refractivity contribution < 1.29 is 0 Å². The summed E-state index contributed by atoms with van der Waals surface area (Å²) < 4.78 is 0. The molecule has 0 radical (unpaired) electrons. The fourth-order valence-electron chi connectivity index (χ4n) is 4.19. The van der Waals surface area contributed by atoms with Crippen LogP contribution >= 0.6 is 0 Å². The van der Waals surface area contributed by atoms with Gasteiger partial charge in [0.1, 0.15) is 0 Å². The van der Waals surface area contributed by atoms with Gasteiger partial charge in [0.15, 0.2) is 0 Å². The average Bonchev–Trinajstić information content (AvgIpc) is 2.94. The van der Waals surface area contributed by atoms with Crippen LogP contribution in [0.25, 0.3) is 11.1 Å². The summed E-state index contributed by atoms with van der Waals surface area (Å²) in [5.74, 6) is 0.602. The van der Waals surface area contributed by atoms with Gasteiger partial charge in [-0.3, -0.25) is 0 Å². The highest BCUT2D eigenvalue weighted by molar-refractivity contribution is 5.78. The summed E-state index contributed by atoms with van der Waals surface area (Å²) in [6.45, 7) is 6.01. The molecule has 1 aliphatic heterocycles. The van der Waals surface area contributed by atoms with Crippen LogP contribution in [-0.2, 0) is 0 Å². The minimum atomic E-state index is 0.602. The fourth-order valence-corrected chi connectivity index (χ4v) is 4.19. The lowest BCUT2D eigenvalue weighted by atomic mass is 9.91. The number of piperazine rings is 1. The van der Waals surface area contributed by atoms with E-state index in [0.29, 0.717) is 5.92 Å². The lowest BCUT2D eigenvalue weighted by Crippen LogP contribution is -2.43. The monoisotopic (exact) mass is 306 g/mol. The van der Waals surface area contributed by atoms with Gasteiger partial charge in [0.2, 0.25) is 0 Å². The summed E-state index contributed by atoms with van der Waals surface area (Å²) in [5.41, 5.74) is 5.98. The zero-order chi connectivity index (χ0) is 15.5. The van der Waals surface area contributed by atoms with Crippen molar-refractivity contribution in [2.75, 3.05) is 32.7 Å². The normalized spacial score (nSPS) is 17.9. The molecule has 23 heavy (non-hydrogen) atoms. The van der Waals surface area contributed by atoms with E-state index >= 15 is 0 Å². The van der Waals surface area contributed by atoms with E-state index < -0.39 is 0 Å². The molecule has 1 N–H and O–H groups in total. The van der Waals surface area contributed by atoms with Crippen LogP contribution in [0.2, 0.25) is 0 Å². The topological polar surface area (TPSA) is 15.3 Å². The largest absolute Gasteiger partial charge is 0.314 e. The third-order valence-electron chi connectivity index (χ3n) is 5.39. The highest BCUT2D eigenvalue weighted by Gasteiger charge is 2.27. The number of rotatable bonds is 5. The smallest absolute Gasteiger partial charge is 0.0107 e. The second-order valence-electron chi connectivity index (χ2n) is 6.81. The molecule has 1 heterocycles. The van der Waals surface area contributed by atoms with Gasteiger partial charge in [0, 0.05) is 32.1 Å². The van der Waals surface area contributed by atoms with Crippen molar-refractivity contribution in [2.24, 2.45) is 0 Å². The number of fused-ring (bicyclic) bond motifs is 3. The standard InChI is InChI=1S/C21H26N2/c1-3-9-19-17(7-1)18-8-2-4-10-20(18)21(19)11-5-6-14-23-15-12-22-13-16-23/h1-4,7-10,21-22H,5-6,11-16H2. The second kappa shape index (κ2) is 6.86. The Kier molecular flexibility index (Phi) is 4.45. The van der Waals surface area contributed by atoms with Crippen LogP contribution in [0, 0.1) is 0 Å². The number of nitrogens with one attached hydrogen (secondary N) is 1. The maximum absolute atomic E-state index is 3.43. The molecular weight excluding hydrogens is 280 g/mol. The van der Waals surface area contributed by atoms with Gasteiger partial charge in [-0.25, -0.2) is 0 Å². The summed E-state index contributed by atoms with van der Waals surface area (Å²) in [4.78, 5) is 2.60. The fraction of sp³-hybridized carbons (Fsp3) is 0.429. The molecule has 2 aromatic carbocycles. The van der Waals surface area contributed by atoms with Gasteiger partial charge < -0.3 is 10.2 Å². The van der Waals surface area contributed by atoms with E-state index in [4.69, 9.17) is 0 Å². The third kappa shape index (κ3) is 3.06. The van der Waals surface area contributed by atoms with E-state index in [0.717, 1.165) is 13.1 Å². The average molecular weight is 306 g/mol. The molecule has 2 heteroatoms. The molecule has 0 spiro atoms. The zero-order valence-corrected chi connectivity index (χ0v) is 13.8. The quantitative estimate of drug-likeness (QED) is 0.844. The summed E-state index contributed by atoms with van der Waals surface area (Å²) in [6, 6.07) is 18.0. The molecule has 1 aliphatic carbocycles. The zero-order valence-electron chi connectivity index (χ0n) is 13.8. The Hall–Kier alpha value is -1.64. The highest BCUT2D eigenvalue weighted by atomic mass is 15.2. The van der Waals surface area contributed by atoms with Gasteiger partial charge in [-0.1, -0.05) is 55.0 Å². The molecule has 0 aromatic heterocycles. The third-order valence-corrected chi connectivity index (χ3v) is 5.39. The van der Waals surface area contributed by atoms with Crippen molar-refractivity contribution >= 4 is 0 Å². The Balaban J connectivity index is 1.40. The minimum Gasteiger partial charge on any atom is -0.314 e. The lowest BCUT2D eigenvalue weighted by molar-refractivity contribution is 0.236. The maximum Gasteiger partial charge on any atom is 0.0107 e. The highest BCUT2D eigenvalue weighted by Crippen LogP contribution is 2.46. The van der Waals surface area contributed by atoms with E-state index in [1.807, 2.05) is 0 Å². The SMILES string of the molecule is c1ccc2c(c1)-c1ccccc1C2CCCCN1CCNCC1. The molecule has 2 nitrogen and oxygen atoms in total. The van der Waals surface area contributed by atoms with Crippen LogP contribution in [0.1, 0.15) is 36.3 Å². The number of hydrogen-bond acceptors (Lipinski definition) is 2. The molecule has 0 saturated carbocycles. The predicted octanol–water partition coefficient (Wildman–Crippen LogP) is 3.87. The van der Waals surface area contributed by atoms with Gasteiger partial charge in [0.05, 0.1) is 0 Å². The van der Waals surface area contributed by atoms with E-state index in [1.54, 1.807) is 0 Å². The minimum absolute atomic E-state index is 0.602. The molecule has 0 amide bonds. The lowest BCUT2D eigenvalue weighted by Gasteiger charge is -2.27. The predicted molar refractivity (Wildman–Crippen MR) is 96.9 cm³/mol. The number of nitrogens with zero attached hydrogens (tertiary/aromatic N) is 1. The molecule has 120 valence electrons. The molecule has 0 unspecified atom stereocenters. The van der Waals surface area contributed by atoms with Crippen molar-refractivity contribution in [3.8, 4) is 11.1 Å². The van der Waals surface area contributed by atoms with E-state index in [1.165, 1.54) is 61.2 Å². The van der Waals surface area contributed by atoms with Crippen LogP contribution in [0.15, 0.2) is 48.5 Å². The second-order valence-corrected chi connectivity index (χ2v) is 6.81. The molecule has 1 saturated heterocycles. The van der Waals surface area contributed by atoms with Gasteiger partial charge >= 0.3 is 0 Å². The van der Waals surface area contributed by atoms with Crippen LogP contribution < -0.4 is 5.32 Å². The first kappa shape index (κ1) is 14.9. The van der Waals surface area contributed by atoms with Crippen LogP contribution in [0.3, 0.4) is 0 Å². The summed E-state index contributed by atoms with van der Waals surface area (Å²) >= 11 is 0. The van der Waals surface area contributed by atoms with E-state index in [-0.39, 0.29) is 0 Å². The van der Waals surface area contributed by atoms with Gasteiger partial charge in [-0.15, -0.1) is 0 Å². The Bertz CT molecular complexity index is 613. The Morgan fingerprint density at radius 3 is 2.09 bits per heavy atom. The summed E-state index contributed by atoms with van der Waals surface area (Å²) in [7, 11) is 0. The van der Waals surface area contributed by atoms with Gasteiger partial charge in [-0.05, 0) is 41.6 Å². The molecule has 2 aromatic rings. The van der Waals surface area contributed by atoms with E-state index in [2.05, 4.69) is 58.7 Å². The first-order chi connectivity index (χ1) is 11.4. The first-order valence-electron chi connectivity index (χ1n) is 9.05. The molecule has 2 aliphatic rings. The maximum atomic E-state index is 3.43. The van der Waals surface area contributed by atoms with Crippen molar-refractivity contribution in [1.82, 2.24) is 10.2 Å². The molecule has 0 bridgehead atoms. The van der Waals surface area contributed by atoms with Crippen LogP contribution in [0.5, 0.6) is 0 Å². The van der Waals surface area contributed by atoms with Crippen molar-refractivity contribution in [3.63, 3.8) is 0 Å². The molecule has 4 rings (SSSR count). The number of benzene rings is 2. The van der Waals surface area contributed by atoms with Crippen LogP contribution in [-0.4, -0.2) is 37.6 Å².